The molecule has 1 aliphatic rings. The first-order valence-electron chi connectivity index (χ1n) is 12.1. The molecule has 2 atom stereocenters. The van der Waals surface area contributed by atoms with Crippen LogP contribution in [-0.4, -0.2) is 39.8 Å². The van der Waals surface area contributed by atoms with E-state index in [2.05, 4.69) is 15.6 Å². The zero-order valence-corrected chi connectivity index (χ0v) is 22.2. The number of hydrogen-bond acceptors (Lipinski definition) is 7. The maximum atomic E-state index is 12.8. The highest BCUT2D eigenvalue weighted by Gasteiger charge is 2.38. The van der Waals surface area contributed by atoms with Crippen LogP contribution in [0, 0.1) is 28.6 Å². The van der Waals surface area contributed by atoms with Crippen LogP contribution < -0.4 is 10.6 Å². The Morgan fingerprint density at radius 1 is 1.12 bits per heavy atom. The van der Waals surface area contributed by atoms with Crippen molar-refractivity contribution in [3.8, 4) is 23.3 Å². The maximum Gasteiger partial charge on any atom is 0.490 e. The van der Waals surface area contributed by atoms with Gasteiger partial charge in [-0.15, -0.1) is 0 Å². The summed E-state index contributed by atoms with van der Waals surface area (Å²) in [6.07, 6.45) is -2.13. The molecule has 3 N–H and O–H groups in total. The number of alkyl halides is 3. The minimum absolute atomic E-state index is 0.170. The molecule has 2 heterocycles. The van der Waals surface area contributed by atoms with E-state index in [1.54, 1.807) is 39.1 Å². The summed E-state index contributed by atoms with van der Waals surface area (Å²) in [7, 11) is 0. The number of carboxylic acids is 1. The number of anilines is 1. The van der Waals surface area contributed by atoms with Gasteiger partial charge in [-0.3, -0.25) is 9.78 Å². The molecule has 0 radical (unpaired) electrons. The molecule has 1 aromatic heterocycles. The molecule has 10 nitrogen and oxygen atoms in total. The number of carbonyl (C=O) groups is 3. The second-order valence-electron chi connectivity index (χ2n) is 9.96. The van der Waals surface area contributed by atoms with Crippen LogP contribution in [0.15, 0.2) is 30.5 Å². The number of carbonyl (C=O) groups excluding carboxylic acids is 2. The summed E-state index contributed by atoms with van der Waals surface area (Å²) >= 11 is 0. The first-order valence-corrected chi connectivity index (χ1v) is 12.1. The summed E-state index contributed by atoms with van der Waals surface area (Å²) < 4.78 is 37.2. The van der Waals surface area contributed by atoms with E-state index < -0.39 is 29.9 Å². The largest absolute Gasteiger partial charge is 0.490 e. The van der Waals surface area contributed by atoms with Gasteiger partial charge in [-0.1, -0.05) is 13.3 Å². The molecule has 0 unspecified atom stereocenters. The van der Waals surface area contributed by atoms with E-state index in [4.69, 9.17) is 14.6 Å². The van der Waals surface area contributed by atoms with Gasteiger partial charge in [-0.25, -0.2) is 9.59 Å². The SMILES string of the molecule is C[C@@H]1CCC[C@H](NC(=O)OC(C)(C)C)c2cc(ccn2)-c2cc(C#N)c(C#N)cc2NC1=O.O=C(O)C(F)(F)F. The number of carboxylic acid groups (broad SMARTS) is 1. The van der Waals surface area contributed by atoms with Gasteiger partial charge in [0, 0.05) is 23.4 Å². The molecular weight excluding hydrogens is 531 g/mol. The van der Waals surface area contributed by atoms with Crippen molar-refractivity contribution in [3.63, 3.8) is 0 Å². The minimum Gasteiger partial charge on any atom is -0.475 e. The minimum atomic E-state index is -5.08. The van der Waals surface area contributed by atoms with E-state index in [0.717, 1.165) is 0 Å². The Hall–Kier alpha value is -4.65. The normalized spacial score (nSPS) is 17.1. The van der Waals surface area contributed by atoms with Gasteiger partial charge in [0.05, 0.1) is 22.9 Å². The number of fused-ring (bicyclic) bond motifs is 4. The number of halogens is 3. The summed E-state index contributed by atoms with van der Waals surface area (Å²) in [5, 5.41) is 31.9. The average Bonchev–Trinajstić information content (AvgIpc) is 2.85. The van der Waals surface area contributed by atoms with E-state index in [1.165, 1.54) is 6.07 Å². The third-order valence-corrected chi connectivity index (χ3v) is 5.62. The van der Waals surface area contributed by atoms with E-state index in [1.807, 2.05) is 25.1 Å². The lowest BCUT2D eigenvalue weighted by molar-refractivity contribution is -0.192. The number of pyridine rings is 1. The molecule has 0 saturated heterocycles. The van der Waals surface area contributed by atoms with Crippen LogP contribution >= 0.6 is 0 Å². The van der Waals surface area contributed by atoms with Gasteiger partial charge in [0.25, 0.3) is 0 Å². The van der Waals surface area contributed by atoms with Crippen LogP contribution in [0.1, 0.15) is 69.8 Å². The third kappa shape index (κ3) is 8.98. The van der Waals surface area contributed by atoms with E-state index in [0.29, 0.717) is 41.8 Å². The average molecular weight is 560 g/mol. The predicted octanol–water partition coefficient (Wildman–Crippen LogP) is 5.45. The monoisotopic (exact) mass is 559 g/mol. The molecule has 2 amide bonds. The molecule has 13 heteroatoms. The zero-order chi connectivity index (χ0) is 30.3. The fraction of sp³-hybridized carbons (Fsp3) is 0.407. The summed E-state index contributed by atoms with van der Waals surface area (Å²) in [5.74, 6) is -3.21. The van der Waals surface area contributed by atoms with Crippen molar-refractivity contribution in [1.82, 2.24) is 10.3 Å². The molecule has 1 aliphatic heterocycles. The van der Waals surface area contributed by atoms with Crippen LogP contribution in [0.2, 0.25) is 0 Å². The molecule has 212 valence electrons. The number of rotatable bonds is 1. The third-order valence-electron chi connectivity index (χ3n) is 5.62. The molecule has 2 aromatic rings. The molecule has 1 aromatic carbocycles. The number of amides is 2. The smallest absolute Gasteiger partial charge is 0.475 e. The highest BCUT2D eigenvalue weighted by molar-refractivity contribution is 5.97. The number of aromatic nitrogens is 1. The molecule has 2 bridgehead atoms. The van der Waals surface area contributed by atoms with Crippen LogP contribution in [0.4, 0.5) is 23.7 Å². The molecule has 40 heavy (non-hydrogen) atoms. The lowest BCUT2D eigenvalue weighted by Crippen LogP contribution is -2.35. The Balaban J connectivity index is 0.000000708. The van der Waals surface area contributed by atoms with Gasteiger partial charge >= 0.3 is 18.2 Å². The Labute approximate surface area is 228 Å². The Morgan fingerprint density at radius 2 is 1.73 bits per heavy atom. The Morgan fingerprint density at radius 3 is 2.27 bits per heavy atom. The molecule has 0 fully saturated rings. The second kappa shape index (κ2) is 12.9. The van der Waals surface area contributed by atoms with Crippen LogP contribution in [0.25, 0.3) is 11.1 Å². The lowest BCUT2D eigenvalue weighted by Gasteiger charge is -2.25. The number of nitrogens with zero attached hydrogens (tertiary/aromatic N) is 3. The summed E-state index contributed by atoms with van der Waals surface area (Å²) in [6, 6.07) is 10.4. The van der Waals surface area contributed by atoms with Crippen molar-refractivity contribution in [1.29, 1.82) is 10.5 Å². The summed E-state index contributed by atoms with van der Waals surface area (Å²) in [5.41, 5.74) is 2.18. The molecule has 3 rings (SSSR count). The topological polar surface area (TPSA) is 165 Å². The molecule has 0 saturated carbocycles. The number of hydrogen-bond donors (Lipinski definition) is 3. The van der Waals surface area contributed by atoms with Crippen molar-refractivity contribution in [2.45, 2.75) is 64.8 Å². The second-order valence-corrected chi connectivity index (χ2v) is 9.96. The Kier molecular flexibility index (Phi) is 10.2. The van der Waals surface area contributed by atoms with Crippen LogP contribution in [0.3, 0.4) is 0 Å². The van der Waals surface area contributed by atoms with E-state index in [9.17, 15) is 33.3 Å². The van der Waals surface area contributed by atoms with Crippen molar-refractivity contribution in [2.24, 2.45) is 5.92 Å². The van der Waals surface area contributed by atoms with Gasteiger partial charge in [-0.2, -0.15) is 23.7 Å². The standard InChI is InChI=1S/C25H27N5O3.C2HF3O2/c1-15-6-5-7-20(30-24(32)33-25(2,3)4)22-11-16(8-9-28-22)19-10-17(13-26)18(14-27)12-21(19)29-23(15)31;3-2(4,5)1(6)7/h8-12,15,20H,5-7H2,1-4H3,(H,29,31)(H,30,32);(H,6,7)/t15-,20+;/m1./s1. The van der Waals surface area contributed by atoms with E-state index in [-0.39, 0.29) is 23.0 Å². The highest BCUT2D eigenvalue weighted by atomic mass is 19.4. The number of nitrogens with one attached hydrogen (secondary N) is 2. The van der Waals surface area contributed by atoms with Crippen molar-refractivity contribution in [2.75, 3.05) is 5.32 Å². The molecular formula is C27H28F3N5O5. The number of alkyl carbamates (subject to hydrolysis) is 1. The lowest BCUT2D eigenvalue weighted by atomic mass is 9.94. The van der Waals surface area contributed by atoms with Gasteiger partial charge in [0.2, 0.25) is 5.91 Å². The van der Waals surface area contributed by atoms with Crippen LogP contribution in [-0.2, 0) is 14.3 Å². The first kappa shape index (κ1) is 31.6. The predicted molar refractivity (Wildman–Crippen MR) is 137 cm³/mol. The van der Waals surface area contributed by atoms with Crippen molar-refractivity contribution in [3.05, 3.63) is 47.3 Å². The highest BCUT2D eigenvalue weighted by Crippen LogP contribution is 2.34. The zero-order valence-electron chi connectivity index (χ0n) is 22.2. The van der Waals surface area contributed by atoms with Crippen molar-refractivity contribution < 1.29 is 37.4 Å². The van der Waals surface area contributed by atoms with E-state index >= 15 is 0 Å². The Bertz CT molecular complexity index is 1360. The van der Waals surface area contributed by atoms with Crippen LogP contribution in [0.5, 0.6) is 0 Å². The fourth-order valence-corrected chi connectivity index (χ4v) is 3.69. The molecule has 0 aliphatic carbocycles. The number of ether oxygens (including phenoxy) is 1. The molecule has 0 spiro atoms. The number of nitriles is 2. The number of aliphatic carboxylic acids is 1. The first-order chi connectivity index (χ1) is 18.6. The maximum absolute atomic E-state index is 12.8. The quantitative estimate of drug-likeness (QED) is 0.415. The van der Waals surface area contributed by atoms with Crippen molar-refractivity contribution >= 4 is 23.7 Å². The van der Waals surface area contributed by atoms with Gasteiger partial charge in [-0.05, 0) is 63.4 Å². The summed E-state index contributed by atoms with van der Waals surface area (Å²) in [4.78, 5) is 38.7. The number of benzene rings is 1. The summed E-state index contributed by atoms with van der Waals surface area (Å²) in [6.45, 7) is 7.23. The fourth-order valence-electron chi connectivity index (χ4n) is 3.69. The van der Waals surface area contributed by atoms with Gasteiger partial charge in [0.15, 0.2) is 0 Å². The van der Waals surface area contributed by atoms with Gasteiger partial charge in [0.1, 0.15) is 17.7 Å². The van der Waals surface area contributed by atoms with Gasteiger partial charge < -0.3 is 20.5 Å².